The van der Waals surface area contributed by atoms with Gasteiger partial charge in [-0.05, 0) is 42.0 Å². The van der Waals surface area contributed by atoms with E-state index in [2.05, 4.69) is 20.5 Å². The van der Waals surface area contributed by atoms with Crippen LogP contribution >= 0.6 is 0 Å². The van der Waals surface area contributed by atoms with Crippen LogP contribution in [0.4, 0.5) is 0 Å². The molecule has 0 bridgehead atoms. The molecule has 5 aromatic rings. The molecule has 0 saturated carbocycles. The number of aromatic nitrogens is 5. The average Bonchev–Trinajstić information content (AvgIpc) is 3.35. The summed E-state index contributed by atoms with van der Waals surface area (Å²) in [4.78, 5) is 30.4. The maximum Gasteiger partial charge on any atom is 0.274 e. The zero-order valence-electron chi connectivity index (χ0n) is 21.2. The van der Waals surface area contributed by atoms with E-state index in [4.69, 9.17) is 9.47 Å². The van der Waals surface area contributed by atoms with Crippen LogP contribution in [0.15, 0.2) is 77.9 Å². The molecule has 0 saturated heterocycles. The molecule has 3 heterocycles. The lowest BCUT2D eigenvalue weighted by Gasteiger charge is -2.12. The van der Waals surface area contributed by atoms with E-state index in [1.165, 1.54) is 9.36 Å². The zero-order valence-corrected chi connectivity index (χ0v) is 21.2. The number of carbonyl (C=O) groups excluding carboxylic acids is 1. The summed E-state index contributed by atoms with van der Waals surface area (Å²) in [5, 5.41) is 13.3. The third kappa shape index (κ3) is 4.83. The molecule has 0 aliphatic rings. The average molecular weight is 511 g/mol. The monoisotopic (exact) mass is 510 g/mol. The van der Waals surface area contributed by atoms with Crippen LogP contribution in [-0.4, -0.2) is 44.7 Å². The number of ether oxygens (including phenoxy) is 2. The number of nitrogens with zero attached hydrogens (tertiary/aromatic N) is 5. The largest absolute Gasteiger partial charge is 0.497 e. The Morgan fingerprint density at radius 2 is 1.79 bits per heavy atom. The summed E-state index contributed by atoms with van der Waals surface area (Å²) in [6.07, 6.45) is 3.37. The van der Waals surface area contributed by atoms with Gasteiger partial charge >= 0.3 is 0 Å². The van der Waals surface area contributed by atoms with E-state index in [1.54, 1.807) is 57.9 Å². The Morgan fingerprint density at radius 1 is 0.974 bits per heavy atom. The van der Waals surface area contributed by atoms with Crippen molar-refractivity contribution in [3.63, 3.8) is 0 Å². The molecule has 3 aromatic heterocycles. The summed E-state index contributed by atoms with van der Waals surface area (Å²) in [5.74, 6) is 0.934. The van der Waals surface area contributed by atoms with Crippen LogP contribution in [0.5, 0.6) is 11.5 Å². The molecule has 0 spiro atoms. The molecule has 1 amide bonds. The van der Waals surface area contributed by atoms with Crippen molar-refractivity contribution in [2.24, 2.45) is 7.05 Å². The van der Waals surface area contributed by atoms with Gasteiger partial charge in [-0.3, -0.25) is 19.3 Å². The lowest BCUT2D eigenvalue weighted by molar-refractivity contribution is 0.0941. The Balaban J connectivity index is 1.43. The highest BCUT2D eigenvalue weighted by Crippen LogP contribution is 2.33. The summed E-state index contributed by atoms with van der Waals surface area (Å²) < 4.78 is 13.7. The molecule has 10 heteroatoms. The van der Waals surface area contributed by atoms with Gasteiger partial charge in [0.25, 0.3) is 11.5 Å². The molecule has 0 fully saturated rings. The Bertz CT molecular complexity index is 1680. The van der Waals surface area contributed by atoms with E-state index >= 15 is 0 Å². The summed E-state index contributed by atoms with van der Waals surface area (Å²) in [5.41, 5.74) is 2.86. The van der Waals surface area contributed by atoms with E-state index in [-0.39, 0.29) is 24.6 Å². The lowest BCUT2D eigenvalue weighted by Crippen LogP contribution is -2.29. The van der Waals surface area contributed by atoms with Gasteiger partial charge in [0.1, 0.15) is 17.2 Å². The standard InChI is InChI=1S/C28H26N6O4/c1-33-25(14-23(31-33)22-13-19(37-2)10-11-26(22)38-3)27(35)30-16-24-20-8-4-5-9-21(20)28(36)34(32-24)17-18-7-6-12-29-15-18/h4-15H,16-17H2,1-3H3,(H,30,35). The molecule has 0 radical (unpaired) electrons. The summed E-state index contributed by atoms with van der Waals surface area (Å²) in [6, 6.07) is 18.0. The maximum absolute atomic E-state index is 13.2. The minimum atomic E-state index is -0.330. The maximum atomic E-state index is 13.2. The number of fused-ring (bicyclic) bond motifs is 1. The number of carbonyl (C=O) groups is 1. The fraction of sp³-hybridized carbons (Fsp3) is 0.179. The van der Waals surface area contributed by atoms with Gasteiger partial charge in [-0.2, -0.15) is 10.2 Å². The minimum absolute atomic E-state index is 0.121. The molecule has 2 aromatic carbocycles. The zero-order chi connectivity index (χ0) is 26.6. The topological polar surface area (TPSA) is 113 Å². The molecule has 38 heavy (non-hydrogen) atoms. The number of hydrogen-bond donors (Lipinski definition) is 1. The highest BCUT2D eigenvalue weighted by atomic mass is 16.5. The Morgan fingerprint density at radius 3 is 2.53 bits per heavy atom. The van der Waals surface area contributed by atoms with Crippen molar-refractivity contribution in [3.05, 3.63) is 100 Å². The summed E-state index contributed by atoms with van der Waals surface area (Å²) in [6.45, 7) is 0.390. The number of rotatable bonds is 8. The van der Waals surface area contributed by atoms with E-state index in [0.29, 0.717) is 44.9 Å². The molecule has 5 rings (SSSR count). The van der Waals surface area contributed by atoms with E-state index in [1.807, 2.05) is 36.4 Å². The summed E-state index contributed by atoms with van der Waals surface area (Å²) in [7, 11) is 4.86. The van der Waals surface area contributed by atoms with Gasteiger partial charge < -0.3 is 14.8 Å². The highest BCUT2D eigenvalue weighted by Gasteiger charge is 2.18. The predicted octanol–water partition coefficient (Wildman–Crippen LogP) is 3.19. The van der Waals surface area contributed by atoms with Crippen LogP contribution in [0.2, 0.25) is 0 Å². The fourth-order valence-corrected chi connectivity index (χ4v) is 4.29. The fourth-order valence-electron chi connectivity index (χ4n) is 4.29. The van der Waals surface area contributed by atoms with Crippen molar-refractivity contribution < 1.29 is 14.3 Å². The first-order chi connectivity index (χ1) is 18.5. The van der Waals surface area contributed by atoms with Crippen LogP contribution in [0.1, 0.15) is 21.7 Å². The normalized spacial score (nSPS) is 10.9. The second kappa shape index (κ2) is 10.6. The number of pyridine rings is 1. The van der Waals surface area contributed by atoms with E-state index in [0.717, 1.165) is 5.56 Å². The Hall–Kier alpha value is -4.99. The first-order valence-corrected chi connectivity index (χ1v) is 11.9. The number of nitrogens with one attached hydrogen (secondary N) is 1. The Labute approximate surface area is 218 Å². The molecule has 192 valence electrons. The van der Waals surface area contributed by atoms with Crippen LogP contribution in [0.3, 0.4) is 0 Å². The van der Waals surface area contributed by atoms with Gasteiger partial charge in [0.05, 0.1) is 44.1 Å². The highest BCUT2D eigenvalue weighted by molar-refractivity contribution is 5.94. The van der Waals surface area contributed by atoms with Gasteiger partial charge in [0.15, 0.2) is 0 Å². The number of methoxy groups -OCH3 is 2. The predicted molar refractivity (Wildman–Crippen MR) is 142 cm³/mol. The van der Waals surface area contributed by atoms with Gasteiger partial charge in [0, 0.05) is 30.4 Å². The second-order valence-electron chi connectivity index (χ2n) is 8.60. The molecule has 10 nitrogen and oxygen atoms in total. The number of hydrogen-bond acceptors (Lipinski definition) is 7. The molecular formula is C28H26N6O4. The molecule has 1 N–H and O–H groups in total. The van der Waals surface area contributed by atoms with Gasteiger partial charge in [-0.25, -0.2) is 4.68 Å². The molecule has 0 unspecified atom stereocenters. The van der Waals surface area contributed by atoms with E-state index < -0.39 is 0 Å². The van der Waals surface area contributed by atoms with Crippen molar-refractivity contribution in [1.82, 2.24) is 29.9 Å². The SMILES string of the molecule is COc1ccc(OC)c(-c2cc(C(=O)NCc3nn(Cc4cccnc4)c(=O)c4ccccc34)n(C)n2)c1. The van der Waals surface area contributed by atoms with Crippen LogP contribution < -0.4 is 20.3 Å². The number of aryl methyl sites for hydroxylation is 1. The van der Waals surface area contributed by atoms with Crippen LogP contribution in [-0.2, 0) is 20.1 Å². The van der Waals surface area contributed by atoms with Crippen LogP contribution in [0, 0.1) is 0 Å². The molecular weight excluding hydrogens is 484 g/mol. The first-order valence-electron chi connectivity index (χ1n) is 11.9. The lowest BCUT2D eigenvalue weighted by atomic mass is 10.1. The van der Waals surface area contributed by atoms with Gasteiger partial charge in [0.2, 0.25) is 0 Å². The molecule has 0 atom stereocenters. The first kappa shape index (κ1) is 24.7. The second-order valence-corrected chi connectivity index (χ2v) is 8.60. The van der Waals surface area contributed by atoms with Crippen molar-refractivity contribution in [2.75, 3.05) is 14.2 Å². The molecule has 0 aliphatic heterocycles. The van der Waals surface area contributed by atoms with Crippen molar-refractivity contribution in [1.29, 1.82) is 0 Å². The van der Waals surface area contributed by atoms with Crippen LogP contribution in [0.25, 0.3) is 22.0 Å². The number of benzene rings is 2. The van der Waals surface area contributed by atoms with Crippen molar-refractivity contribution >= 4 is 16.7 Å². The van der Waals surface area contributed by atoms with Crippen molar-refractivity contribution in [2.45, 2.75) is 13.1 Å². The number of amides is 1. The van der Waals surface area contributed by atoms with Gasteiger partial charge in [-0.15, -0.1) is 0 Å². The molecule has 0 aliphatic carbocycles. The van der Waals surface area contributed by atoms with Gasteiger partial charge in [-0.1, -0.05) is 24.3 Å². The van der Waals surface area contributed by atoms with E-state index in [9.17, 15) is 9.59 Å². The smallest absolute Gasteiger partial charge is 0.274 e. The third-order valence-corrected chi connectivity index (χ3v) is 6.21. The minimum Gasteiger partial charge on any atom is -0.497 e. The quantitative estimate of drug-likeness (QED) is 0.341. The Kier molecular flexibility index (Phi) is 6.86. The third-order valence-electron chi connectivity index (χ3n) is 6.21. The summed E-state index contributed by atoms with van der Waals surface area (Å²) >= 11 is 0. The van der Waals surface area contributed by atoms with Crippen molar-refractivity contribution in [3.8, 4) is 22.8 Å².